The number of aromatic carboxylic acids is 1. The number of benzene rings is 1. The molecule has 1 saturated carbocycles. The highest BCUT2D eigenvalue weighted by atomic mass is 19.2. The van der Waals surface area contributed by atoms with Gasteiger partial charge in [0.1, 0.15) is 0 Å². The summed E-state index contributed by atoms with van der Waals surface area (Å²) in [6.45, 7) is 0. The smallest absolute Gasteiger partial charge is 0.202 e. The lowest BCUT2D eigenvalue weighted by Crippen LogP contribution is -2.30. The molecule has 1 aromatic heterocycles. The number of rotatable bonds is 3. The van der Waals surface area contributed by atoms with Crippen molar-refractivity contribution in [2.45, 2.75) is 18.9 Å². The second kappa shape index (κ2) is 4.54. The number of carbonyl (C=O) groups excluding carboxylic acids is 1. The van der Waals surface area contributed by atoms with Gasteiger partial charge in [-0.15, -0.1) is 0 Å². The molecule has 3 rings (SSSR count). The maximum absolute atomic E-state index is 13.8. The van der Waals surface area contributed by atoms with E-state index in [1.165, 1.54) is 4.57 Å². The van der Waals surface area contributed by atoms with Gasteiger partial charge in [-0.25, -0.2) is 4.39 Å². The van der Waals surface area contributed by atoms with Crippen LogP contribution in [0.3, 0.4) is 0 Å². The monoisotopic (exact) mass is 294 g/mol. The SMILES string of the molecule is COc1c(F)c(F)cc2c(=O)c(C(=O)[O-])cn(C3CC3)c12. The quantitative estimate of drug-likeness (QED) is 0.846. The number of hydrogen-bond donors (Lipinski definition) is 0. The lowest BCUT2D eigenvalue weighted by molar-refractivity contribution is -0.255. The van der Waals surface area contributed by atoms with E-state index in [4.69, 9.17) is 4.74 Å². The summed E-state index contributed by atoms with van der Waals surface area (Å²) in [6.07, 6.45) is 2.62. The highest BCUT2D eigenvalue weighted by molar-refractivity contribution is 5.93. The van der Waals surface area contributed by atoms with Crippen LogP contribution in [-0.2, 0) is 0 Å². The minimum atomic E-state index is -1.65. The Hall–Kier alpha value is -2.44. The molecular weight excluding hydrogens is 284 g/mol. The van der Waals surface area contributed by atoms with Crippen LogP contribution in [0.4, 0.5) is 8.78 Å². The molecular formula is C14H10F2NO4-. The number of aromatic nitrogens is 1. The van der Waals surface area contributed by atoms with E-state index in [0.29, 0.717) is 6.07 Å². The van der Waals surface area contributed by atoms with E-state index in [-0.39, 0.29) is 16.9 Å². The number of carboxylic acid groups (broad SMARTS) is 1. The largest absolute Gasteiger partial charge is 0.545 e. The predicted octanol–water partition coefficient (Wildman–Crippen LogP) is 0.987. The van der Waals surface area contributed by atoms with Gasteiger partial charge in [0.2, 0.25) is 5.82 Å². The van der Waals surface area contributed by atoms with Gasteiger partial charge in [0.05, 0.1) is 29.5 Å². The Kier molecular flexibility index (Phi) is 2.93. The van der Waals surface area contributed by atoms with Gasteiger partial charge in [-0.3, -0.25) is 4.79 Å². The Morgan fingerprint density at radius 2 is 2.10 bits per heavy atom. The summed E-state index contributed by atoms with van der Waals surface area (Å²) in [5.74, 6) is -4.53. The highest BCUT2D eigenvalue weighted by Gasteiger charge is 2.29. The zero-order valence-corrected chi connectivity index (χ0v) is 11.0. The average Bonchev–Trinajstić information content (AvgIpc) is 3.26. The first-order valence-corrected chi connectivity index (χ1v) is 6.28. The number of nitrogens with zero attached hydrogens (tertiary/aromatic N) is 1. The molecule has 1 heterocycles. The lowest BCUT2D eigenvalue weighted by Gasteiger charge is -2.16. The van der Waals surface area contributed by atoms with Crippen molar-refractivity contribution < 1.29 is 23.4 Å². The highest BCUT2D eigenvalue weighted by Crippen LogP contribution is 2.40. The molecule has 0 aliphatic heterocycles. The normalized spacial score (nSPS) is 14.4. The molecule has 0 spiro atoms. The van der Waals surface area contributed by atoms with Gasteiger partial charge in [-0.1, -0.05) is 0 Å². The van der Waals surface area contributed by atoms with Crippen molar-refractivity contribution in [3.63, 3.8) is 0 Å². The molecule has 2 aromatic rings. The van der Waals surface area contributed by atoms with E-state index in [0.717, 1.165) is 26.1 Å². The maximum atomic E-state index is 13.8. The molecule has 5 nitrogen and oxygen atoms in total. The molecule has 21 heavy (non-hydrogen) atoms. The average molecular weight is 294 g/mol. The Labute approximate surface area is 117 Å². The fraction of sp³-hybridized carbons (Fsp3) is 0.286. The number of methoxy groups -OCH3 is 1. The fourth-order valence-corrected chi connectivity index (χ4v) is 2.40. The van der Waals surface area contributed by atoms with E-state index in [2.05, 4.69) is 0 Å². The molecule has 1 fully saturated rings. The van der Waals surface area contributed by atoms with Crippen molar-refractivity contribution in [2.24, 2.45) is 0 Å². The van der Waals surface area contributed by atoms with Crippen molar-refractivity contribution in [1.29, 1.82) is 0 Å². The van der Waals surface area contributed by atoms with Crippen molar-refractivity contribution >= 4 is 16.9 Å². The predicted molar refractivity (Wildman–Crippen MR) is 67.3 cm³/mol. The van der Waals surface area contributed by atoms with Crippen LogP contribution in [-0.4, -0.2) is 17.6 Å². The van der Waals surface area contributed by atoms with Crippen molar-refractivity contribution in [3.05, 3.63) is 39.7 Å². The van der Waals surface area contributed by atoms with E-state index < -0.39 is 34.3 Å². The van der Waals surface area contributed by atoms with Crippen LogP contribution >= 0.6 is 0 Å². The van der Waals surface area contributed by atoms with Gasteiger partial charge in [-0.2, -0.15) is 4.39 Å². The summed E-state index contributed by atoms with van der Waals surface area (Å²) in [7, 11) is 1.16. The van der Waals surface area contributed by atoms with Gasteiger partial charge >= 0.3 is 0 Å². The van der Waals surface area contributed by atoms with Gasteiger partial charge in [0.25, 0.3) is 0 Å². The Bertz CT molecular complexity index is 824. The molecule has 1 aliphatic rings. The maximum Gasteiger partial charge on any atom is 0.202 e. The van der Waals surface area contributed by atoms with Crippen LogP contribution in [0.25, 0.3) is 10.9 Å². The van der Waals surface area contributed by atoms with Crippen LogP contribution in [0, 0.1) is 11.6 Å². The third-order valence-corrected chi connectivity index (χ3v) is 3.53. The van der Waals surface area contributed by atoms with Crippen LogP contribution < -0.4 is 15.3 Å². The number of ether oxygens (including phenoxy) is 1. The Balaban J connectivity index is 2.52. The molecule has 7 heteroatoms. The van der Waals surface area contributed by atoms with E-state index in [1.807, 2.05) is 0 Å². The molecule has 0 amide bonds. The first kappa shape index (κ1) is 13.5. The summed E-state index contributed by atoms with van der Waals surface area (Å²) in [4.78, 5) is 23.2. The Morgan fingerprint density at radius 1 is 1.43 bits per heavy atom. The van der Waals surface area contributed by atoms with E-state index in [1.54, 1.807) is 0 Å². The van der Waals surface area contributed by atoms with Gasteiger partial charge in [0.15, 0.2) is 17.0 Å². The molecule has 1 aromatic carbocycles. The van der Waals surface area contributed by atoms with Crippen molar-refractivity contribution in [3.8, 4) is 5.75 Å². The zero-order valence-electron chi connectivity index (χ0n) is 11.0. The number of carboxylic acids is 1. The van der Waals surface area contributed by atoms with Crippen LogP contribution in [0.2, 0.25) is 0 Å². The molecule has 110 valence electrons. The molecule has 0 N–H and O–H groups in total. The number of carbonyl (C=O) groups is 1. The van der Waals surface area contributed by atoms with Crippen molar-refractivity contribution in [2.75, 3.05) is 7.11 Å². The molecule has 0 radical (unpaired) electrons. The topological polar surface area (TPSA) is 71.4 Å². The number of fused-ring (bicyclic) bond motifs is 1. The second-order valence-corrected chi connectivity index (χ2v) is 4.90. The summed E-state index contributed by atoms with van der Waals surface area (Å²) in [5.41, 5.74) is -1.43. The molecule has 0 unspecified atom stereocenters. The number of pyridine rings is 1. The zero-order chi connectivity index (χ0) is 15.3. The Morgan fingerprint density at radius 3 is 2.62 bits per heavy atom. The first-order chi connectivity index (χ1) is 9.95. The number of halogens is 2. The van der Waals surface area contributed by atoms with Gasteiger partial charge in [0, 0.05) is 12.2 Å². The van der Waals surface area contributed by atoms with Gasteiger partial charge in [-0.05, 0) is 18.9 Å². The van der Waals surface area contributed by atoms with Crippen LogP contribution in [0.5, 0.6) is 5.75 Å². The third-order valence-electron chi connectivity index (χ3n) is 3.53. The second-order valence-electron chi connectivity index (χ2n) is 4.90. The summed E-state index contributed by atoms with van der Waals surface area (Å²) in [6, 6.07) is 0.630. The van der Waals surface area contributed by atoms with E-state index in [9.17, 15) is 23.5 Å². The minimum Gasteiger partial charge on any atom is -0.545 e. The minimum absolute atomic E-state index is 0.0638. The third kappa shape index (κ3) is 1.96. The molecule has 0 atom stereocenters. The summed E-state index contributed by atoms with van der Waals surface area (Å²) < 4.78 is 33.8. The molecule has 0 saturated heterocycles. The lowest BCUT2D eigenvalue weighted by atomic mass is 10.1. The van der Waals surface area contributed by atoms with Crippen molar-refractivity contribution in [1.82, 2.24) is 4.57 Å². The molecule has 1 aliphatic carbocycles. The van der Waals surface area contributed by atoms with Crippen LogP contribution in [0.1, 0.15) is 29.2 Å². The van der Waals surface area contributed by atoms with Gasteiger partial charge < -0.3 is 19.2 Å². The standard InChI is InChI=1S/C14H11F2NO4/c1-21-13-10(16)9(15)4-7-11(13)17(6-2-3-6)5-8(12(7)18)14(19)20/h4-6H,2-3H2,1H3,(H,19,20)/p-1. The van der Waals surface area contributed by atoms with E-state index >= 15 is 0 Å². The molecule has 0 bridgehead atoms. The van der Waals surface area contributed by atoms with Crippen LogP contribution in [0.15, 0.2) is 17.1 Å². The number of hydrogen-bond acceptors (Lipinski definition) is 4. The summed E-state index contributed by atoms with van der Waals surface area (Å²) >= 11 is 0. The summed E-state index contributed by atoms with van der Waals surface area (Å²) in [5, 5.41) is 10.8. The fourth-order valence-electron chi connectivity index (χ4n) is 2.40. The first-order valence-electron chi connectivity index (χ1n) is 6.28.